The molecule has 4 heterocycles. The van der Waals surface area contributed by atoms with E-state index in [9.17, 15) is 10.1 Å². The monoisotopic (exact) mass is 433 g/mol. The lowest BCUT2D eigenvalue weighted by Crippen LogP contribution is -2.71. The molecule has 3 aliphatic heterocycles. The van der Waals surface area contributed by atoms with Crippen LogP contribution in [0.25, 0.3) is 10.6 Å². The number of urea groups is 1. The van der Waals surface area contributed by atoms with Gasteiger partial charge in [0.25, 0.3) is 0 Å². The highest BCUT2D eigenvalue weighted by atomic mass is 32.2. The minimum absolute atomic E-state index is 0.0913. The maximum Gasteiger partial charge on any atom is 0.319 e. The molecule has 31 heavy (non-hydrogen) atoms. The van der Waals surface area contributed by atoms with E-state index in [1.165, 1.54) is 0 Å². The number of carbonyl (C=O) groups excluding carboxylic acids is 1. The number of hydrogen-bond acceptors (Lipinski definition) is 6. The van der Waals surface area contributed by atoms with Crippen molar-refractivity contribution in [3.63, 3.8) is 0 Å². The van der Waals surface area contributed by atoms with E-state index >= 15 is 0 Å². The van der Waals surface area contributed by atoms with Gasteiger partial charge in [0.1, 0.15) is 5.60 Å². The molecule has 3 aliphatic rings. The van der Waals surface area contributed by atoms with Crippen molar-refractivity contribution < 1.29 is 9.53 Å². The van der Waals surface area contributed by atoms with Crippen molar-refractivity contribution >= 4 is 28.4 Å². The molecule has 2 aromatic rings. The van der Waals surface area contributed by atoms with Crippen LogP contribution in [0.1, 0.15) is 34.5 Å². The Bertz CT molecular complexity index is 1110. The zero-order valence-corrected chi connectivity index (χ0v) is 18.3. The molecule has 5 rings (SSSR count). The van der Waals surface area contributed by atoms with Crippen LogP contribution in [0.3, 0.4) is 0 Å². The summed E-state index contributed by atoms with van der Waals surface area (Å²) < 4.78 is 5.62. The summed E-state index contributed by atoms with van der Waals surface area (Å²) in [7, 11) is 0. The van der Waals surface area contributed by atoms with Gasteiger partial charge in [0.15, 0.2) is 5.50 Å². The van der Waals surface area contributed by atoms with E-state index in [0.717, 1.165) is 46.1 Å². The fourth-order valence-electron chi connectivity index (χ4n) is 4.24. The second kappa shape index (κ2) is 7.59. The number of thioether (sulfide) groups is 1. The fraction of sp³-hybridized carbons (Fsp3) is 0.348. The Morgan fingerprint density at radius 1 is 1.29 bits per heavy atom. The van der Waals surface area contributed by atoms with E-state index in [0.29, 0.717) is 18.7 Å². The number of nitrogens with one attached hydrogen (secondary N) is 2. The molecule has 8 heteroatoms. The average molecular weight is 434 g/mol. The van der Waals surface area contributed by atoms with E-state index < -0.39 is 0 Å². The van der Waals surface area contributed by atoms with Gasteiger partial charge in [0, 0.05) is 28.3 Å². The number of carbonyl (C=O) groups is 1. The molecule has 1 aromatic carbocycles. The van der Waals surface area contributed by atoms with Crippen molar-refractivity contribution in [2.75, 3.05) is 19.7 Å². The average Bonchev–Trinajstić information content (AvgIpc) is 3.09. The molecule has 158 valence electrons. The summed E-state index contributed by atoms with van der Waals surface area (Å²) in [6.45, 7) is 6.04. The Balaban J connectivity index is 1.40. The van der Waals surface area contributed by atoms with E-state index in [4.69, 9.17) is 4.74 Å². The third-order valence-electron chi connectivity index (χ3n) is 5.83. The van der Waals surface area contributed by atoms with Crippen LogP contribution in [0.2, 0.25) is 0 Å². The quantitative estimate of drug-likeness (QED) is 0.773. The van der Waals surface area contributed by atoms with Gasteiger partial charge in [-0.3, -0.25) is 4.98 Å². The first kappa shape index (κ1) is 19.9. The Kier molecular flexibility index (Phi) is 4.88. The molecule has 1 atom stereocenters. The van der Waals surface area contributed by atoms with Crippen molar-refractivity contribution in [2.24, 2.45) is 0 Å². The van der Waals surface area contributed by atoms with Gasteiger partial charge in [-0.05, 0) is 43.7 Å². The predicted molar refractivity (Wildman–Crippen MR) is 120 cm³/mol. The van der Waals surface area contributed by atoms with Gasteiger partial charge < -0.3 is 20.3 Å². The highest BCUT2D eigenvalue weighted by molar-refractivity contribution is 8.09. The normalized spacial score (nSPS) is 21.2. The molecule has 2 fully saturated rings. The van der Waals surface area contributed by atoms with Gasteiger partial charge in [0.05, 0.1) is 37.0 Å². The first-order chi connectivity index (χ1) is 14.9. The van der Waals surface area contributed by atoms with E-state index in [2.05, 4.69) is 21.7 Å². The molecule has 1 unspecified atom stereocenters. The number of aromatic nitrogens is 1. The number of amides is 2. The lowest BCUT2D eigenvalue weighted by Gasteiger charge is -2.54. The fourth-order valence-corrected chi connectivity index (χ4v) is 5.36. The zero-order chi connectivity index (χ0) is 21.6. The molecular formula is C23H23N5O2S. The van der Waals surface area contributed by atoms with Crippen LogP contribution in [0.5, 0.6) is 0 Å². The minimum atomic E-state index is -0.309. The molecule has 1 spiro atoms. The Hall–Kier alpha value is -3.02. The third kappa shape index (κ3) is 3.75. The van der Waals surface area contributed by atoms with Crippen LogP contribution in [-0.2, 0) is 4.74 Å². The summed E-state index contributed by atoms with van der Waals surface area (Å²) in [5.74, 6) is 0. The summed E-state index contributed by atoms with van der Waals surface area (Å²) in [6.07, 6.45) is 1.03. The van der Waals surface area contributed by atoms with Crippen LogP contribution in [-0.4, -0.2) is 46.7 Å². The van der Waals surface area contributed by atoms with E-state index in [1.807, 2.05) is 44.2 Å². The van der Waals surface area contributed by atoms with Crippen molar-refractivity contribution in [3.8, 4) is 6.07 Å². The highest BCUT2D eigenvalue weighted by Crippen LogP contribution is 2.42. The number of nitriles is 1. The number of ether oxygens (including phenoxy) is 1. The van der Waals surface area contributed by atoms with Crippen LogP contribution >= 0.6 is 11.8 Å². The number of benzene rings is 1. The standard InChI is InChI=1S/C23H23N5O2S/c1-14-8-18(9-15(2)25-14)20-19(17-5-3-4-16(10-17)11-24)26-21(31-20)27-22(29)28-12-23(13-28)6-7-30-23/h3-5,8-10,21,26H,6-7,12-13H2,1-2H3,(H,27,29). The number of nitrogens with zero attached hydrogens (tertiary/aromatic N) is 3. The van der Waals surface area contributed by atoms with Crippen LogP contribution in [0.15, 0.2) is 36.4 Å². The van der Waals surface area contributed by atoms with E-state index in [-0.39, 0.29) is 17.1 Å². The smallest absolute Gasteiger partial charge is 0.319 e. The minimum Gasteiger partial charge on any atom is -0.371 e. The summed E-state index contributed by atoms with van der Waals surface area (Å²) >= 11 is 1.57. The van der Waals surface area contributed by atoms with Gasteiger partial charge in [-0.2, -0.15) is 5.26 Å². The maximum atomic E-state index is 12.7. The predicted octanol–water partition coefficient (Wildman–Crippen LogP) is 3.20. The molecule has 0 bridgehead atoms. The van der Waals surface area contributed by atoms with Crippen molar-refractivity contribution in [1.29, 1.82) is 5.26 Å². The van der Waals surface area contributed by atoms with Gasteiger partial charge in [0.2, 0.25) is 0 Å². The third-order valence-corrected chi connectivity index (χ3v) is 6.97. The van der Waals surface area contributed by atoms with Crippen molar-refractivity contribution in [2.45, 2.75) is 31.4 Å². The number of likely N-dealkylation sites (tertiary alicyclic amines) is 1. The summed E-state index contributed by atoms with van der Waals surface area (Å²) in [4.78, 5) is 20.0. The number of aryl methyl sites for hydroxylation is 2. The molecule has 0 aliphatic carbocycles. The van der Waals surface area contributed by atoms with Crippen molar-refractivity contribution in [1.82, 2.24) is 20.5 Å². The molecule has 2 saturated heterocycles. The second-order valence-electron chi connectivity index (χ2n) is 8.26. The van der Waals surface area contributed by atoms with Gasteiger partial charge in [-0.1, -0.05) is 23.9 Å². The van der Waals surface area contributed by atoms with Gasteiger partial charge >= 0.3 is 6.03 Å². The Morgan fingerprint density at radius 3 is 2.68 bits per heavy atom. The van der Waals surface area contributed by atoms with Gasteiger partial charge in [-0.15, -0.1) is 0 Å². The SMILES string of the molecule is Cc1cc(C2=C(c3cccc(C#N)c3)NC(NC(=O)N3CC4(CCO4)C3)S2)cc(C)n1. The molecule has 1 aromatic heterocycles. The van der Waals surface area contributed by atoms with Crippen LogP contribution in [0.4, 0.5) is 4.79 Å². The molecule has 7 nitrogen and oxygen atoms in total. The van der Waals surface area contributed by atoms with Crippen LogP contribution < -0.4 is 10.6 Å². The molecule has 0 saturated carbocycles. The van der Waals surface area contributed by atoms with Gasteiger partial charge in [-0.25, -0.2) is 4.79 Å². The molecule has 0 radical (unpaired) electrons. The molecule has 2 amide bonds. The first-order valence-electron chi connectivity index (χ1n) is 10.3. The zero-order valence-electron chi connectivity index (χ0n) is 17.4. The topological polar surface area (TPSA) is 90.3 Å². The summed E-state index contributed by atoms with van der Waals surface area (Å²) in [5.41, 5.74) is 4.93. The number of rotatable bonds is 3. The maximum absolute atomic E-state index is 12.7. The second-order valence-corrected chi connectivity index (χ2v) is 9.38. The molecule has 2 N–H and O–H groups in total. The highest BCUT2D eigenvalue weighted by Gasteiger charge is 2.51. The largest absolute Gasteiger partial charge is 0.371 e. The first-order valence-corrected chi connectivity index (χ1v) is 11.2. The van der Waals surface area contributed by atoms with Crippen LogP contribution in [0, 0.1) is 25.2 Å². The Morgan fingerprint density at radius 2 is 2.03 bits per heavy atom. The molecular weight excluding hydrogens is 410 g/mol. The lowest BCUT2D eigenvalue weighted by molar-refractivity contribution is -0.208. The van der Waals surface area contributed by atoms with E-state index in [1.54, 1.807) is 22.7 Å². The number of hydrogen-bond donors (Lipinski definition) is 2. The summed E-state index contributed by atoms with van der Waals surface area (Å²) in [5, 5.41) is 15.9. The number of pyridine rings is 1. The van der Waals surface area contributed by atoms with Crippen molar-refractivity contribution in [3.05, 3.63) is 64.5 Å². The summed E-state index contributed by atoms with van der Waals surface area (Å²) in [6, 6.07) is 13.7. The lowest BCUT2D eigenvalue weighted by atomic mass is 9.87. The Labute approximate surface area is 185 Å².